The molecule has 30 heavy (non-hydrogen) atoms. The normalized spacial score (nSPS) is 11.8. The largest absolute Gasteiger partial charge is 0.449 e. The van der Waals surface area contributed by atoms with E-state index in [-0.39, 0.29) is 10.7 Å². The summed E-state index contributed by atoms with van der Waals surface area (Å²) in [6, 6.07) is 14.2. The third kappa shape index (κ3) is 5.14. The Morgan fingerprint density at radius 3 is 2.53 bits per heavy atom. The minimum absolute atomic E-state index is 0.119. The number of hydrogen-bond donors (Lipinski definition) is 1. The number of amides is 1. The van der Waals surface area contributed by atoms with Crippen LogP contribution in [0, 0.1) is 6.92 Å². The van der Waals surface area contributed by atoms with Crippen LogP contribution < -0.4 is 5.32 Å². The average molecular weight is 467 g/mol. The summed E-state index contributed by atoms with van der Waals surface area (Å²) < 4.78 is 6.81. The van der Waals surface area contributed by atoms with Crippen LogP contribution in [-0.2, 0) is 16.1 Å². The maximum absolute atomic E-state index is 12.7. The molecular weight excluding hydrogens is 449 g/mol. The third-order valence-electron chi connectivity index (χ3n) is 4.28. The predicted octanol–water partition coefficient (Wildman–Crippen LogP) is 5.38. The molecule has 0 saturated carbocycles. The van der Waals surface area contributed by atoms with Crippen LogP contribution in [0.15, 0.2) is 48.5 Å². The van der Waals surface area contributed by atoms with Crippen molar-refractivity contribution >= 4 is 52.4 Å². The van der Waals surface area contributed by atoms with E-state index in [1.807, 2.05) is 30.3 Å². The fraction of sp³-hybridized carbons (Fsp3) is 0.190. The number of carbonyl (C=O) groups is 2. The van der Waals surface area contributed by atoms with Gasteiger partial charge in [0.15, 0.2) is 6.10 Å². The Morgan fingerprint density at radius 1 is 1.13 bits per heavy atom. The number of aromatic nitrogens is 2. The summed E-state index contributed by atoms with van der Waals surface area (Å²) in [5.74, 6) is -1.30. The molecule has 0 radical (unpaired) electrons. The van der Waals surface area contributed by atoms with E-state index in [0.29, 0.717) is 28.0 Å². The molecule has 1 amide bonds. The Labute approximate surface area is 188 Å². The van der Waals surface area contributed by atoms with Gasteiger partial charge in [0.25, 0.3) is 5.91 Å². The monoisotopic (exact) mass is 465 g/mol. The Balaban J connectivity index is 1.70. The number of rotatable bonds is 6. The Kier molecular flexibility index (Phi) is 7.02. The molecule has 2 aromatic carbocycles. The van der Waals surface area contributed by atoms with E-state index in [0.717, 1.165) is 5.56 Å². The van der Waals surface area contributed by atoms with Crippen LogP contribution in [-0.4, -0.2) is 27.8 Å². The first-order valence-corrected chi connectivity index (χ1v) is 10.1. The highest BCUT2D eigenvalue weighted by Gasteiger charge is 2.26. The zero-order valence-electron chi connectivity index (χ0n) is 16.2. The Morgan fingerprint density at radius 2 is 1.83 bits per heavy atom. The van der Waals surface area contributed by atoms with Gasteiger partial charge in [-0.25, -0.2) is 9.48 Å². The molecule has 0 fully saturated rings. The van der Waals surface area contributed by atoms with Crippen molar-refractivity contribution < 1.29 is 14.3 Å². The summed E-state index contributed by atoms with van der Waals surface area (Å²) in [5, 5.41) is 7.77. The van der Waals surface area contributed by atoms with E-state index >= 15 is 0 Å². The summed E-state index contributed by atoms with van der Waals surface area (Å²) >= 11 is 18.3. The van der Waals surface area contributed by atoms with Gasteiger partial charge < -0.3 is 10.1 Å². The van der Waals surface area contributed by atoms with Gasteiger partial charge in [0.2, 0.25) is 0 Å². The number of nitrogens with zero attached hydrogens (tertiary/aromatic N) is 2. The van der Waals surface area contributed by atoms with E-state index in [9.17, 15) is 9.59 Å². The molecule has 3 aromatic rings. The molecule has 0 aliphatic carbocycles. The predicted molar refractivity (Wildman–Crippen MR) is 117 cm³/mol. The highest BCUT2D eigenvalue weighted by Crippen LogP contribution is 2.26. The summed E-state index contributed by atoms with van der Waals surface area (Å²) in [4.78, 5) is 25.1. The highest BCUT2D eigenvalue weighted by atomic mass is 35.5. The summed E-state index contributed by atoms with van der Waals surface area (Å²) in [6.45, 7) is 3.50. The number of ether oxygens (including phenoxy) is 1. The van der Waals surface area contributed by atoms with Gasteiger partial charge in [-0.1, -0.05) is 65.1 Å². The number of benzene rings is 2. The Hall–Kier alpha value is -2.54. The van der Waals surface area contributed by atoms with Gasteiger partial charge >= 0.3 is 5.97 Å². The molecular formula is C21H18Cl3N3O3. The summed E-state index contributed by atoms with van der Waals surface area (Å²) in [5.41, 5.74) is 1.83. The number of aryl methyl sites for hydroxylation is 1. The second kappa shape index (κ2) is 9.51. The summed E-state index contributed by atoms with van der Waals surface area (Å²) in [7, 11) is 0. The molecule has 0 aliphatic rings. The maximum atomic E-state index is 12.7. The minimum Gasteiger partial charge on any atom is -0.449 e. The van der Waals surface area contributed by atoms with Crippen molar-refractivity contribution in [3.63, 3.8) is 0 Å². The summed E-state index contributed by atoms with van der Waals surface area (Å²) in [6.07, 6.45) is -1.10. The van der Waals surface area contributed by atoms with Crippen LogP contribution in [0.25, 0.3) is 0 Å². The van der Waals surface area contributed by atoms with Crippen molar-refractivity contribution in [2.75, 3.05) is 5.32 Å². The van der Waals surface area contributed by atoms with Gasteiger partial charge in [-0.2, -0.15) is 5.10 Å². The van der Waals surface area contributed by atoms with Gasteiger partial charge in [0.05, 0.1) is 22.9 Å². The van der Waals surface area contributed by atoms with Crippen molar-refractivity contribution in [1.29, 1.82) is 0 Å². The lowest BCUT2D eigenvalue weighted by molar-refractivity contribution is -0.123. The van der Waals surface area contributed by atoms with Crippen molar-refractivity contribution in [2.24, 2.45) is 0 Å². The number of anilines is 1. The second-order valence-electron chi connectivity index (χ2n) is 6.56. The molecule has 1 heterocycles. The molecule has 0 aliphatic heterocycles. The van der Waals surface area contributed by atoms with Crippen LogP contribution in [0.5, 0.6) is 0 Å². The van der Waals surface area contributed by atoms with Crippen molar-refractivity contribution in [3.8, 4) is 0 Å². The zero-order chi connectivity index (χ0) is 21.8. The fourth-order valence-corrected chi connectivity index (χ4v) is 3.40. The van der Waals surface area contributed by atoms with Crippen molar-refractivity contribution in [2.45, 2.75) is 26.5 Å². The van der Waals surface area contributed by atoms with E-state index in [1.165, 1.54) is 17.7 Å². The molecule has 9 heteroatoms. The molecule has 3 rings (SSSR count). The van der Waals surface area contributed by atoms with Gasteiger partial charge in [-0.05, 0) is 37.6 Å². The topological polar surface area (TPSA) is 73.2 Å². The number of carbonyl (C=O) groups excluding carboxylic acids is 2. The van der Waals surface area contributed by atoms with Gasteiger partial charge in [-0.15, -0.1) is 0 Å². The van der Waals surface area contributed by atoms with E-state index in [1.54, 1.807) is 19.1 Å². The van der Waals surface area contributed by atoms with Gasteiger partial charge in [0, 0.05) is 5.02 Å². The molecule has 0 bridgehead atoms. The lowest BCUT2D eigenvalue weighted by Gasteiger charge is -2.14. The van der Waals surface area contributed by atoms with Crippen molar-refractivity contribution in [1.82, 2.24) is 9.78 Å². The molecule has 156 valence electrons. The second-order valence-corrected chi connectivity index (χ2v) is 7.76. The third-order valence-corrected chi connectivity index (χ3v) is 5.23. The van der Waals surface area contributed by atoms with E-state index < -0.39 is 18.0 Å². The number of hydrogen-bond acceptors (Lipinski definition) is 4. The average Bonchev–Trinajstić information content (AvgIpc) is 2.98. The maximum Gasteiger partial charge on any atom is 0.343 e. The Bertz CT molecular complexity index is 1080. The molecule has 6 nitrogen and oxygen atoms in total. The lowest BCUT2D eigenvalue weighted by Crippen LogP contribution is -2.30. The van der Waals surface area contributed by atoms with Crippen LogP contribution in [0.3, 0.4) is 0 Å². The molecule has 0 unspecified atom stereocenters. The van der Waals surface area contributed by atoms with Crippen molar-refractivity contribution in [3.05, 3.63) is 80.6 Å². The number of esters is 1. The van der Waals surface area contributed by atoms with Crippen LogP contribution in [0.4, 0.5) is 5.69 Å². The zero-order valence-corrected chi connectivity index (χ0v) is 18.4. The van der Waals surface area contributed by atoms with Crippen LogP contribution in [0.1, 0.15) is 28.5 Å². The van der Waals surface area contributed by atoms with E-state index in [2.05, 4.69) is 10.4 Å². The van der Waals surface area contributed by atoms with Gasteiger partial charge in [0.1, 0.15) is 10.7 Å². The van der Waals surface area contributed by atoms with Crippen LogP contribution >= 0.6 is 34.8 Å². The first kappa shape index (κ1) is 22.2. The van der Waals surface area contributed by atoms with Crippen LogP contribution in [0.2, 0.25) is 15.2 Å². The molecule has 1 atom stereocenters. The first-order chi connectivity index (χ1) is 14.3. The first-order valence-electron chi connectivity index (χ1n) is 9.00. The number of halogens is 3. The quantitative estimate of drug-likeness (QED) is 0.495. The SMILES string of the molecule is Cc1nn(Cc2ccccc2)c(Cl)c1C(=O)O[C@@H](C)C(=O)Nc1cc(Cl)ccc1Cl. The highest BCUT2D eigenvalue weighted by molar-refractivity contribution is 6.35. The molecule has 0 saturated heterocycles. The molecule has 1 N–H and O–H groups in total. The minimum atomic E-state index is -1.10. The smallest absolute Gasteiger partial charge is 0.343 e. The van der Waals surface area contributed by atoms with Gasteiger partial charge in [-0.3, -0.25) is 4.79 Å². The molecule has 0 spiro atoms. The lowest BCUT2D eigenvalue weighted by atomic mass is 10.2. The molecule has 1 aromatic heterocycles. The fourth-order valence-electron chi connectivity index (χ4n) is 2.75. The van der Waals surface area contributed by atoms with E-state index in [4.69, 9.17) is 39.5 Å². The standard InChI is InChI=1S/C21H18Cl3N3O3/c1-12-18(19(24)27(26-12)11-14-6-4-3-5-7-14)21(29)30-13(2)20(28)25-17-10-15(22)8-9-16(17)23/h3-10,13H,11H2,1-2H3,(H,25,28)/t13-/m0/s1. The number of nitrogens with one attached hydrogen (secondary N) is 1.